The van der Waals surface area contributed by atoms with Gasteiger partial charge in [0.25, 0.3) is 0 Å². The van der Waals surface area contributed by atoms with Gasteiger partial charge in [0, 0.05) is 10.8 Å². The second kappa shape index (κ2) is 3.94. The second-order valence-electron chi connectivity index (χ2n) is 5.15. The number of hydrogen-bond acceptors (Lipinski definition) is 3. The van der Waals surface area contributed by atoms with E-state index in [1.807, 2.05) is 24.3 Å². The molecule has 0 fully saturated rings. The number of nitrogens with zero attached hydrogens (tertiary/aromatic N) is 1. The van der Waals surface area contributed by atoms with Crippen LogP contribution in [0.4, 0.5) is 0 Å². The Morgan fingerprint density at radius 3 is 2.75 bits per heavy atom. The number of para-hydroxylation sites is 1. The van der Waals surface area contributed by atoms with Crippen LogP contribution in [-0.2, 0) is 12.8 Å². The highest BCUT2D eigenvalue weighted by molar-refractivity contribution is 6.07. The number of fused-ring (bicyclic) bond motifs is 5. The number of nitriles is 1. The Morgan fingerprint density at radius 2 is 1.90 bits per heavy atom. The predicted molar refractivity (Wildman–Crippen MR) is 76.7 cm³/mol. The minimum Gasteiger partial charge on any atom is -0.422 e. The molecule has 1 aliphatic rings. The quantitative estimate of drug-likeness (QED) is 0.461. The van der Waals surface area contributed by atoms with Crippen LogP contribution in [0, 0.1) is 11.3 Å². The van der Waals surface area contributed by atoms with E-state index in [9.17, 15) is 10.1 Å². The molecule has 0 bridgehead atoms. The highest BCUT2D eigenvalue weighted by Gasteiger charge is 2.21. The van der Waals surface area contributed by atoms with E-state index in [1.165, 1.54) is 0 Å². The fourth-order valence-corrected chi connectivity index (χ4v) is 3.27. The molecule has 1 aromatic heterocycles. The molecule has 0 atom stereocenters. The van der Waals surface area contributed by atoms with Crippen LogP contribution in [0.3, 0.4) is 0 Å². The largest absolute Gasteiger partial charge is 0.422 e. The highest BCUT2D eigenvalue weighted by atomic mass is 16.4. The van der Waals surface area contributed by atoms with Gasteiger partial charge in [0.1, 0.15) is 5.58 Å². The van der Waals surface area contributed by atoms with Gasteiger partial charge in [0.15, 0.2) is 0 Å². The summed E-state index contributed by atoms with van der Waals surface area (Å²) in [7, 11) is 0. The molecule has 4 rings (SSSR count). The maximum atomic E-state index is 12.2. The van der Waals surface area contributed by atoms with Gasteiger partial charge >= 0.3 is 5.63 Å². The number of rotatable bonds is 0. The molecule has 96 valence electrons. The molecule has 20 heavy (non-hydrogen) atoms. The number of benzene rings is 2. The first-order valence-electron chi connectivity index (χ1n) is 6.70. The molecule has 0 spiro atoms. The molecule has 0 unspecified atom stereocenters. The van der Waals surface area contributed by atoms with Gasteiger partial charge in [-0.1, -0.05) is 18.2 Å². The van der Waals surface area contributed by atoms with Gasteiger partial charge in [-0.25, -0.2) is 4.79 Å². The maximum Gasteiger partial charge on any atom is 0.344 e. The SMILES string of the molecule is N#Cc1cc2c(=O)oc3ccccc3c2c2c1CCC2. The van der Waals surface area contributed by atoms with Gasteiger partial charge in [-0.3, -0.25) is 0 Å². The third-order valence-corrected chi connectivity index (χ3v) is 4.10. The lowest BCUT2D eigenvalue weighted by Crippen LogP contribution is -2.03. The summed E-state index contributed by atoms with van der Waals surface area (Å²) in [5.74, 6) is 0. The number of hydrogen-bond donors (Lipinski definition) is 0. The van der Waals surface area contributed by atoms with Crippen molar-refractivity contribution >= 4 is 21.7 Å². The summed E-state index contributed by atoms with van der Waals surface area (Å²) in [6.07, 6.45) is 2.88. The van der Waals surface area contributed by atoms with Gasteiger partial charge in [-0.05, 0) is 42.5 Å². The summed E-state index contributed by atoms with van der Waals surface area (Å²) in [5, 5.41) is 11.7. The highest BCUT2D eigenvalue weighted by Crippen LogP contribution is 2.35. The van der Waals surface area contributed by atoms with Crippen molar-refractivity contribution in [2.45, 2.75) is 19.3 Å². The first kappa shape index (κ1) is 11.2. The summed E-state index contributed by atoms with van der Waals surface area (Å²) < 4.78 is 5.37. The van der Waals surface area contributed by atoms with Crippen molar-refractivity contribution in [2.75, 3.05) is 0 Å². The van der Waals surface area contributed by atoms with Crippen LogP contribution < -0.4 is 5.63 Å². The fourth-order valence-electron chi connectivity index (χ4n) is 3.27. The summed E-state index contributed by atoms with van der Waals surface area (Å²) in [4.78, 5) is 12.2. The standard InChI is InChI=1S/C17H11NO2/c18-9-10-8-14-16(12-6-3-5-11(10)12)13-4-1-2-7-15(13)20-17(14)19/h1-2,4,7-8H,3,5-6H2. The second-order valence-corrected chi connectivity index (χ2v) is 5.15. The minimum atomic E-state index is -0.357. The zero-order valence-electron chi connectivity index (χ0n) is 10.8. The van der Waals surface area contributed by atoms with Crippen LogP contribution in [0.25, 0.3) is 21.7 Å². The lowest BCUT2D eigenvalue weighted by molar-refractivity contribution is 0.569. The van der Waals surface area contributed by atoms with Gasteiger partial charge in [-0.2, -0.15) is 5.26 Å². The first-order chi connectivity index (χ1) is 9.79. The van der Waals surface area contributed by atoms with Gasteiger partial charge in [0.2, 0.25) is 0 Å². The van der Waals surface area contributed by atoms with Gasteiger partial charge < -0.3 is 4.42 Å². The molecule has 0 saturated heterocycles. The van der Waals surface area contributed by atoms with Crippen LogP contribution in [0.15, 0.2) is 39.5 Å². The zero-order chi connectivity index (χ0) is 13.7. The zero-order valence-corrected chi connectivity index (χ0v) is 10.8. The number of aryl methyl sites for hydroxylation is 1. The molecule has 0 N–H and O–H groups in total. The van der Waals surface area contributed by atoms with Crippen molar-refractivity contribution in [3.63, 3.8) is 0 Å². The molecular weight excluding hydrogens is 250 g/mol. The first-order valence-corrected chi connectivity index (χ1v) is 6.70. The van der Waals surface area contributed by atoms with E-state index in [4.69, 9.17) is 4.42 Å². The van der Waals surface area contributed by atoms with Crippen molar-refractivity contribution in [3.8, 4) is 6.07 Å². The Morgan fingerprint density at radius 1 is 1.10 bits per heavy atom. The van der Waals surface area contributed by atoms with Crippen molar-refractivity contribution < 1.29 is 4.42 Å². The molecular formula is C17H11NO2. The van der Waals surface area contributed by atoms with Crippen LogP contribution in [0.1, 0.15) is 23.1 Å². The normalized spacial score (nSPS) is 13.6. The molecule has 1 aliphatic carbocycles. The summed E-state index contributed by atoms with van der Waals surface area (Å²) >= 11 is 0. The average molecular weight is 261 g/mol. The molecule has 1 heterocycles. The van der Waals surface area contributed by atoms with E-state index in [2.05, 4.69) is 6.07 Å². The van der Waals surface area contributed by atoms with E-state index in [1.54, 1.807) is 6.07 Å². The third-order valence-electron chi connectivity index (χ3n) is 4.10. The van der Waals surface area contributed by atoms with Crippen LogP contribution in [0.5, 0.6) is 0 Å². The van der Waals surface area contributed by atoms with E-state index < -0.39 is 0 Å². The molecule has 3 nitrogen and oxygen atoms in total. The third kappa shape index (κ3) is 1.36. The molecule has 0 radical (unpaired) electrons. The van der Waals surface area contributed by atoms with Crippen molar-refractivity contribution in [2.24, 2.45) is 0 Å². The van der Waals surface area contributed by atoms with E-state index >= 15 is 0 Å². The predicted octanol–water partition coefficient (Wildman–Crippen LogP) is 3.31. The topological polar surface area (TPSA) is 54.0 Å². The maximum absolute atomic E-state index is 12.2. The Hall–Kier alpha value is -2.60. The Kier molecular flexibility index (Phi) is 2.22. The van der Waals surface area contributed by atoms with Gasteiger partial charge in [0.05, 0.1) is 17.0 Å². The molecule has 3 aromatic rings. The molecule has 0 amide bonds. The monoisotopic (exact) mass is 261 g/mol. The summed E-state index contributed by atoms with van der Waals surface area (Å²) in [6, 6.07) is 11.5. The Balaban J connectivity index is 2.34. The summed E-state index contributed by atoms with van der Waals surface area (Å²) in [5.41, 5.74) is 3.14. The van der Waals surface area contributed by atoms with E-state index in [-0.39, 0.29) is 5.63 Å². The lowest BCUT2D eigenvalue weighted by atomic mass is 9.95. The van der Waals surface area contributed by atoms with Crippen molar-refractivity contribution in [1.82, 2.24) is 0 Å². The summed E-state index contributed by atoms with van der Waals surface area (Å²) in [6.45, 7) is 0. The minimum absolute atomic E-state index is 0.357. The Labute approximate surface area is 115 Å². The van der Waals surface area contributed by atoms with Crippen LogP contribution in [-0.4, -0.2) is 0 Å². The van der Waals surface area contributed by atoms with E-state index in [0.29, 0.717) is 16.5 Å². The average Bonchev–Trinajstić information content (AvgIpc) is 2.95. The molecule has 3 heteroatoms. The van der Waals surface area contributed by atoms with Crippen molar-refractivity contribution in [1.29, 1.82) is 5.26 Å². The molecule has 0 aliphatic heterocycles. The van der Waals surface area contributed by atoms with Crippen LogP contribution in [0.2, 0.25) is 0 Å². The Bertz CT molecular complexity index is 961. The molecule has 0 saturated carbocycles. The van der Waals surface area contributed by atoms with Crippen LogP contribution >= 0.6 is 0 Å². The van der Waals surface area contributed by atoms with Crippen molar-refractivity contribution in [3.05, 3.63) is 57.4 Å². The van der Waals surface area contributed by atoms with E-state index in [0.717, 1.165) is 41.2 Å². The smallest absolute Gasteiger partial charge is 0.344 e. The fraction of sp³-hybridized carbons (Fsp3) is 0.176. The van der Waals surface area contributed by atoms with Gasteiger partial charge in [-0.15, -0.1) is 0 Å². The lowest BCUT2D eigenvalue weighted by Gasteiger charge is -2.09. The molecule has 2 aromatic carbocycles.